The second kappa shape index (κ2) is 8.59. The highest BCUT2D eigenvalue weighted by Crippen LogP contribution is 2.35. The van der Waals surface area contributed by atoms with E-state index in [2.05, 4.69) is 22.8 Å². The SMILES string of the molecule is CC1=CC(=O)N[C@@H]2C[C@@H](CCCC=CCC1)O[C@@](O)(C1CSC(=O)N1)C2. The predicted octanol–water partition coefficient (Wildman–Crippen LogP) is 2.63. The predicted molar refractivity (Wildman–Crippen MR) is 102 cm³/mol. The molecule has 0 aromatic rings. The number of hydrogen-bond donors (Lipinski definition) is 3. The van der Waals surface area contributed by atoms with E-state index in [9.17, 15) is 14.7 Å². The molecule has 4 atom stereocenters. The van der Waals surface area contributed by atoms with Crippen LogP contribution in [0.25, 0.3) is 0 Å². The standard InChI is InChI=1S/C19H28N2O4S/c1-13-7-5-3-2-4-6-8-15-10-14(20-17(22)9-13)11-19(24,25-15)16-12-26-18(23)21-16/h2-3,9,14-16,24H,4-8,10-12H2,1H3,(H,20,22)(H,21,23)/t14-,15-,16?,19-/m1/s1. The summed E-state index contributed by atoms with van der Waals surface area (Å²) in [6, 6.07) is -0.616. The van der Waals surface area contributed by atoms with Gasteiger partial charge in [0, 0.05) is 24.3 Å². The molecule has 0 aromatic heterocycles. The van der Waals surface area contributed by atoms with Crippen LogP contribution in [0.2, 0.25) is 0 Å². The number of fused-ring (bicyclic) bond motifs is 2. The first kappa shape index (κ1) is 19.5. The number of carbonyl (C=O) groups excluding carboxylic acids is 2. The highest BCUT2D eigenvalue weighted by atomic mass is 32.2. The van der Waals surface area contributed by atoms with E-state index in [-0.39, 0.29) is 29.7 Å². The maximum atomic E-state index is 12.3. The van der Waals surface area contributed by atoms with Gasteiger partial charge in [-0.25, -0.2) is 0 Å². The summed E-state index contributed by atoms with van der Waals surface area (Å²) in [6.07, 6.45) is 11.4. The second-order valence-electron chi connectivity index (χ2n) is 7.46. The van der Waals surface area contributed by atoms with E-state index in [0.717, 1.165) is 49.4 Å². The zero-order valence-corrected chi connectivity index (χ0v) is 16.0. The molecule has 3 aliphatic rings. The van der Waals surface area contributed by atoms with Crippen LogP contribution < -0.4 is 10.6 Å². The Bertz CT molecular complexity index is 606. The van der Waals surface area contributed by atoms with Crippen LogP contribution in [0, 0.1) is 0 Å². The van der Waals surface area contributed by atoms with Gasteiger partial charge < -0.3 is 20.5 Å². The highest BCUT2D eigenvalue weighted by Gasteiger charge is 2.48. The van der Waals surface area contributed by atoms with Crippen LogP contribution in [0.4, 0.5) is 4.79 Å². The molecule has 3 heterocycles. The van der Waals surface area contributed by atoms with E-state index in [1.165, 1.54) is 0 Å². The monoisotopic (exact) mass is 380 g/mol. The van der Waals surface area contributed by atoms with Gasteiger partial charge in [-0.3, -0.25) is 9.59 Å². The van der Waals surface area contributed by atoms with Gasteiger partial charge in [0.05, 0.1) is 12.1 Å². The molecule has 0 spiro atoms. The first-order valence-corrected chi connectivity index (χ1v) is 10.4. The summed E-state index contributed by atoms with van der Waals surface area (Å²) >= 11 is 1.16. The molecule has 2 amide bonds. The first-order valence-electron chi connectivity index (χ1n) is 9.41. The highest BCUT2D eigenvalue weighted by molar-refractivity contribution is 8.14. The third-order valence-corrected chi connectivity index (χ3v) is 6.05. The van der Waals surface area contributed by atoms with Crippen molar-refractivity contribution in [3.8, 4) is 0 Å². The molecule has 144 valence electrons. The normalized spacial score (nSPS) is 36.7. The van der Waals surface area contributed by atoms with Gasteiger partial charge in [-0.1, -0.05) is 29.5 Å². The summed E-state index contributed by atoms with van der Waals surface area (Å²) < 4.78 is 6.03. The molecule has 2 saturated heterocycles. The summed E-state index contributed by atoms with van der Waals surface area (Å²) in [7, 11) is 0. The van der Waals surface area contributed by atoms with Gasteiger partial charge >= 0.3 is 0 Å². The lowest BCUT2D eigenvalue weighted by molar-refractivity contribution is -0.269. The Morgan fingerprint density at radius 1 is 1.27 bits per heavy atom. The smallest absolute Gasteiger partial charge is 0.279 e. The Labute approximate surface area is 158 Å². The molecule has 7 heteroatoms. The van der Waals surface area contributed by atoms with Gasteiger partial charge in [0.1, 0.15) is 0 Å². The number of hydrogen-bond acceptors (Lipinski definition) is 5. The van der Waals surface area contributed by atoms with Crippen molar-refractivity contribution in [1.82, 2.24) is 10.6 Å². The van der Waals surface area contributed by atoms with E-state index >= 15 is 0 Å². The van der Waals surface area contributed by atoms with Gasteiger partial charge in [-0.2, -0.15) is 0 Å². The molecule has 3 rings (SSSR count). The molecule has 0 aliphatic carbocycles. The van der Waals surface area contributed by atoms with E-state index in [1.807, 2.05) is 6.92 Å². The number of aliphatic hydroxyl groups is 1. The third kappa shape index (κ3) is 5.11. The molecular formula is C19H28N2O4S. The minimum absolute atomic E-state index is 0.124. The lowest BCUT2D eigenvalue weighted by Crippen LogP contribution is -2.60. The Balaban J connectivity index is 1.76. The summed E-state index contributed by atoms with van der Waals surface area (Å²) in [5, 5.41) is 16.8. The molecule has 2 fully saturated rings. The van der Waals surface area contributed by atoms with Crippen LogP contribution in [-0.2, 0) is 9.53 Å². The van der Waals surface area contributed by atoms with Crippen molar-refractivity contribution < 1.29 is 19.4 Å². The summed E-state index contributed by atoms with van der Waals surface area (Å²) in [5.74, 6) is -1.09. The molecule has 1 unspecified atom stereocenters. The Morgan fingerprint density at radius 2 is 2.08 bits per heavy atom. The number of ether oxygens (including phenoxy) is 1. The fourth-order valence-electron chi connectivity index (χ4n) is 3.83. The maximum absolute atomic E-state index is 12.3. The topological polar surface area (TPSA) is 87.7 Å². The number of thioether (sulfide) groups is 1. The molecular weight excluding hydrogens is 352 g/mol. The second-order valence-corrected chi connectivity index (χ2v) is 8.45. The van der Waals surface area contributed by atoms with E-state index < -0.39 is 11.8 Å². The minimum Gasteiger partial charge on any atom is -0.364 e. The third-order valence-electron chi connectivity index (χ3n) is 5.17. The summed E-state index contributed by atoms with van der Waals surface area (Å²) in [5.41, 5.74) is 1.04. The lowest BCUT2D eigenvalue weighted by atomic mass is 9.89. The van der Waals surface area contributed by atoms with Gasteiger partial charge in [0.15, 0.2) is 5.79 Å². The van der Waals surface area contributed by atoms with Gasteiger partial charge in [0.25, 0.3) is 5.24 Å². The Morgan fingerprint density at radius 3 is 2.85 bits per heavy atom. The minimum atomic E-state index is -1.44. The number of allylic oxidation sites excluding steroid dienone is 3. The molecule has 26 heavy (non-hydrogen) atoms. The largest absolute Gasteiger partial charge is 0.364 e. The Hall–Kier alpha value is -1.31. The zero-order chi connectivity index (χ0) is 18.6. The Kier molecular flexibility index (Phi) is 6.42. The van der Waals surface area contributed by atoms with Crippen LogP contribution in [0.3, 0.4) is 0 Å². The lowest BCUT2D eigenvalue weighted by Gasteiger charge is -2.44. The van der Waals surface area contributed by atoms with Crippen molar-refractivity contribution in [2.24, 2.45) is 0 Å². The van der Waals surface area contributed by atoms with Crippen LogP contribution >= 0.6 is 11.8 Å². The fraction of sp³-hybridized carbons (Fsp3) is 0.684. The van der Waals surface area contributed by atoms with Crippen LogP contribution in [0.1, 0.15) is 51.9 Å². The molecule has 2 bridgehead atoms. The summed E-state index contributed by atoms with van der Waals surface area (Å²) in [4.78, 5) is 23.9. The van der Waals surface area contributed by atoms with Gasteiger partial charge in [-0.05, 0) is 45.4 Å². The van der Waals surface area contributed by atoms with Crippen LogP contribution in [0.5, 0.6) is 0 Å². The van der Waals surface area contributed by atoms with E-state index in [0.29, 0.717) is 12.2 Å². The molecule has 0 radical (unpaired) electrons. The zero-order valence-electron chi connectivity index (χ0n) is 15.2. The van der Waals surface area contributed by atoms with E-state index in [1.54, 1.807) is 6.08 Å². The van der Waals surface area contributed by atoms with Gasteiger partial charge in [0.2, 0.25) is 5.91 Å². The molecule has 0 saturated carbocycles. The summed E-state index contributed by atoms with van der Waals surface area (Å²) in [6.45, 7) is 1.97. The van der Waals surface area contributed by atoms with E-state index in [4.69, 9.17) is 4.74 Å². The van der Waals surface area contributed by atoms with Crippen LogP contribution in [0.15, 0.2) is 23.8 Å². The maximum Gasteiger partial charge on any atom is 0.279 e. The number of nitrogens with one attached hydrogen (secondary N) is 2. The van der Waals surface area contributed by atoms with Crippen molar-refractivity contribution in [3.05, 3.63) is 23.8 Å². The number of rotatable bonds is 1. The number of carbonyl (C=O) groups is 2. The van der Waals surface area contributed by atoms with Crippen LogP contribution in [-0.4, -0.2) is 46.0 Å². The fourth-order valence-corrected chi connectivity index (χ4v) is 4.71. The van der Waals surface area contributed by atoms with Crippen molar-refractivity contribution in [3.63, 3.8) is 0 Å². The van der Waals surface area contributed by atoms with Gasteiger partial charge in [-0.15, -0.1) is 0 Å². The molecule has 3 N–H and O–H groups in total. The average Bonchev–Trinajstić information content (AvgIpc) is 3.00. The average molecular weight is 381 g/mol. The van der Waals surface area contributed by atoms with Crippen molar-refractivity contribution in [2.75, 3.05) is 5.75 Å². The quantitative estimate of drug-likeness (QED) is 0.609. The molecule has 6 nitrogen and oxygen atoms in total. The van der Waals surface area contributed by atoms with Crippen molar-refractivity contribution in [2.45, 2.75) is 75.8 Å². The number of amides is 2. The van der Waals surface area contributed by atoms with Crippen molar-refractivity contribution in [1.29, 1.82) is 0 Å². The first-order chi connectivity index (χ1) is 12.4. The molecule has 3 aliphatic heterocycles. The molecule has 0 aromatic carbocycles. The van der Waals surface area contributed by atoms with Crippen molar-refractivity contribution >= 4 is 22.9 Å².